The molecule has 42 heavy (non-hydrogen) atoms. The lowest BCUT2D eigenvalue weighted by Crippen LogP contribution is -2.58. The van der Waals surface area contributed by atoms with Gasteiger partial charge in [0.05, 0.1) is 5.56 Å². The monoisotopic (exact) mass is 597 g/mol. The van der Waals surface area contributed by atoms with Crippen molar-refractivity contribution in [2.75, 3.05) is 19.0 Å². The zero-order chi connectivity index (χ0) is 30.7. The minimum atomic E-state index is -2.65. The average molecular weight is 598 g/mol. The zero-order valence-corrected chi connectivity index (χ0v) is 23.4. The highest BCUT2D eigenvalue weighted by atomic mass is 35.5. The van der Waals surface area contributed by atoms with Crippen molar-refractivity contribution in [3.05, 3.63) is 69.0 Å². The number of primary amides is 1. The van der Waals surface area contributed by atoms with Crippen LogP contribution in [0, 0.1) is 11.8 Å². The lowest BCUT2D eigenvalue weighted by molar-refractivity contribution is -0.147. The fourth-order valence-corrected chi connectivity index (χ4v) is 6.20. The number of nitrogens with one attached hydrogen (secondary N) is 1. The highest BCUT2D eigenvalue weighted by Gasteiger charge is 2.60. The minimum Gasteiger partial charge on any atom is -0.508 e. The minimum absolute atomic E-state index is 0.0242. The van der Waals surface area contributed by atoms with Crippen LogP contribution in [0.3, 0.4) is 0 Å². The molecule has 0 spiro atoms. The van der Waals surface area contributed by atoms with E-state index in [2.05, 4.69) is 5.32 Å². The number of phenolic OH excluding ortho intramolecular Hbond substituents is 1. The standard InChI is InChI=1S/C29H28ClN3O9/c1-33(2)18-9-13(11-32-28(40)42-16-5-3-15(30)4-6-16)23(35)21-17(18)8-12-7-14-10-19(34)22(27(31)39)26(38)29(14,41)25(37)20(12)24(21)36/h3-6,9,12,14,35-36,38,41H,7-8,10-11H2,1-2H3,(H2,31,39)(H,32,40). The van der Waals surface area contributed by atoms with Gasteiger partial charge in [0.25, 0.3) is 5.91 Å². The van der Waals surface area contributed by atoms with E-state index in [9.17, 15) is 39.6 Å². The number of nitrogens with two attached hydrogens (primary N) is 1. The van der Waals surface area contributed by atoms with Crippen molar-refractivity contribution < 1.29 is 44.3 Å². The number of benzene rings is 2. The Morgan fingerprint density at radius 2 is 1.81 bits per heavy atom. The third-order valence-electron chi connectivity index (χ3n) is 8.05. The summed E-state index contributed by atoms with van der Waals surface area (Å²) < 4.78 is 5.21. The second-order valence-electron chi connectivity index (χ2n) is 10.8. The van der Waals surface area contributed by atoms with Crippen molar-refractivity contribution in [3.8, 4) is 11.5 Å². The van der Waals surface area contributed by atoms with Crippen LogP contribution in [0.5, 0.6) is 11.5 Å². The summed E-state index contributed by atoms with van der Waals surface area (Å²) in [5, 5.41) is 47.8. The molecule has 0 aliphatic heterocycles. The van der Waals surface area contributed by atoms with E-state index in [-0.39, 0.29) is 41.8 Å². The summed E-state index contributed by atoms with van der Waals surface area (Å²) in [7, 11) is 3.49. The fraction of sp³-hybridized carbons (Fsp3) is 0.310. The molecule has 0 bridgehead atoms. The Bertz CT molecular complexity index is 1610. The third-order valence-corrected chi connectivity index (χ3v) is 8.30. The van der Waals surface area contributed by atoms with E-state index in [0.717, 1.165) is 0 Å². The number of hydrogen-bond acceptors (Lipinski definition) is 10. The average Bonchev–Trinajstić information content (AvgIpc) is 2.91. The molecule has 7 N–H and O–H groups in total. The van der Waals surface area contributed by atoms with Crippen LogP contribution in [0.4, 0.5) is 10.5 Å². The van der Waals surface area contributed by atoms with Gasteiger partial charge in [-0.05, 0) is 54.7 Å². The maximum absolute atomic E-state index is 13.7. The number of amides is 2. The molecule has 2 aromatic rings. The summed E-state index contributed by atoms with van der Waals surface area (Å²) >= 11 is 5.85. The molecule has 2 amide bonds. The summed E-state index contributed by atoms with van der Waals surface area (Å²) in [6.45, 7) is -0.216. The van der Waals surface area contributed by atoms with Crippen LogP contribution in [0.1, 0.15) is 29.5 Å². The van der Waals surface area contributed by atoms with Crippen molar-refractivity contribution in [1.82, 2.24) is 5.32 Å². The predicted molar refractivity (Wildman–Crippen MR) is 150 cm³/mol. The lowest BCUT2D eigenvalue weighted by Gasteiger charge is -2.46. The number of hydrogen-bond donors (Lipinski definition) is 6. The first-order valence-corrected chi connectivity index (χ1v) is 13.4. The lowest BCUT2D eigenvalue weighted by atomic mass is 9.59. The van der Waals surface area contributed by atoms with Crippen LogP contribution in [-0.4, -0.2) is 63.7 Å². The van der Waals surface area contributed by atoms with E-state index >= 15 is 0 Å². The molecule has 3 aliphatic carbocycles. The molecular formula is C29H28ClN3O9. The van der Waals surface area contributed by atoms with Crippen molar-refractivity contribution in [1.29, 1.82) is 0 Å². The van der Waals surface area contributed by atoms with Crippen LogP contribution >= 0.6 is 11.6 Å². The highest BCUT2D eigenvalue weighted by molar-refractivity contribution is 6.30. The van der Waals surface area contributed by atoms with Crippen molar-refractivity contribution in [2.45, 2.75) is 31.4 Å². The van der Waals surface area contributed by atoms with Crippen molar-refractivity contribution >= 4 is 46.6 Å². The molecule has 3 aliphatic rings. The molecule has 12 nitrogen and oxygen atoms in total. The number of aromatic hydroxyl groups is 1. The number of nitrogens with zero attached hydrogens (tertiary/aromatic N) is 1. The second kappa shape index (κ2) is 10.4. The predicted octanol–water partition coefficient (Wildman–Crippen LogP) is 2.43. The number of carbonyl (C=O) groups is 4. The molecule has 3 atom stereocenters. The highest BCUT2D eigenvalue weighted by Crippen LogP contribution is 2.53. The number of fused-ring (bicyclic) bond motifs is 3. The summed E-state index contributed by atoms with van der Waals surface area (Å²) in [6.07, 6.45) is -1.04. The van der Waals surface area contributed by atoms with Crippen LogP contribution in [0.25, 0.3) is 5.76 Å². The Balaban J connectivity index is 1.54. The number of aliphatic hydroxyl groups is 3. The van der Waals surface area contributed by atoms with E-state index in [1.807, 2.05) is 0 Å². The summed E-state index contributed by atoms with van der Waals surface area (Å²) in [6, 6.07) is 7.74. The van der Waals surface area contributed by atoms with E-state index in [1.165, 1.54) is 12.1 Å². The molecule has 13 heteroatoms. The first kappa shape index (κ1) is 29.0. The number of anilines is 1. The zero-order valence-electron chi connectivity index (χ0n) is 22.6. The smallest absolute Gasteiger partial charge is 0.412 e. The van der Waals surface area contributed by atoms with Crippen LogP contribution in [0.2, 0.25) is 5.02 Å². The van der Waals surface area contributed by atoms with Gasteiger partial charge in [0.15, 0.2) is 11.4 Å². The number of Topliss-reactive ketones (excluding diaryl/α,β-unsaturated/α-hetero) is 2. The van der Waals surface area contributed by atoms with E-state index in [4.69, 9.17) is 22.1 Å². The van der Waals surface area contributed by atoms with Gasteiger partial charge in [-0.2, -0.15) is 0 Å². The molecular weight excluding hydrogens is 570 g/mol. The van der Waals surface area contributed by atoms with Crippen LogP contribution in [-0.2, 0) is 27.3 Å². The molecule has 0 heterocycles. The fourth-order valence-electron chi connectivity index (χ4n) is 6.07. The van der Waals surface area contributed by atoms with Gasteiger partial charge in [-0.1, -0.05) is 11.6 Å². The number of aliphatic hydroxyl groups excluding tert-OH is 2. The van der Waals surface area contributed by atoms with Gasteiger partial charge in [0.2, 0.25) is 5.78 Å². The summed E-state index contributed by atoms with van der Waals surface area (Å²) in [5.74, 6) is -6.81. The molecule has 220 valence electrons. The van der Waals surface area contributed by atoms with Crippen LogP contribution in [0.15, 0.2) is 47.2 Å². The first-order chi connectivity index (χ1) is 19.7. The van der Waals surface area contributed by atoms with Gasteiger partial charge in [-0.15, -0.1) is 0 Å². The summed E-state index contributed by atoms with van der Waals surface area (Å²) in [5.41, 5.74) is 2.69. The first-order valence-electron chi connectivity index (χ1n) is 13.0. The molecule has 0 radical (unpaired) electrons. The van der Waals surface area contributed by atoms with E-state index in [0.29, 0.717) is 16.3 Å². The van der Waals surface area contributed by atoms with Gasteiger partial charge in [-0.3, -0.25) is 14.4 Å². The summed E-state index contributed by atoms with van der Waals surface area (Å²) in [4.78, 5) is 52.3. The third kappa shape index (κ3) is 4.52. The number of phenols is 1. The molecule has 3 unspecified atom stereocenters. The van der Waals surface area contributed by atoms with Gasteiger partial charge in [-0.25, -0.2) is 4.79 Å². The van der Waals surface area contributed by atoms with E-state index < -0.39 is 70.3 Å². The molecule has 0 aromatic heterocycles. The second-order valence-corrected chi connectivity index (χ2v) is 11.2. The molecule has 1 saturated carbocycles. The Morgan fingerprint density at radius 3 is 2.43 bits per heavy atom. The van der Waals surface area contributed by atoms with Crippen molar-refractivity contribution in [2.24, 2.45) is 17.6 Å². The normalized spacial score (nSPS) is 23.1. The van der Waals surface area contributed by atoms with Gasteiger partial charge in [0, 0.05) is 54.8 Å². The number of ether oxygens (including phenoxy) is 1. The molecule has 1 fully saturated rings. The Morgan fingerprint density at radius 1 is 1.14 bits per heavy atom. The van der Waals surface area contributed by atoms with Gasteiger partial charge in [0.1, 0.15) is 28.6 Å². The Labute approximate surface area is 244 Å². The number of carbonyl (C=O) groups excluding carboxylic acids is 4. The number of halogens is 1. The molecule has 0 saturated heterocycles. The topological polar surface area (TPSA) is 200 Å². The number of ketones is 2. The van der Waals surface area contributed by atoms with Crippen LogP contribution < -0.4 is 20.7 Å². The maximum Gasteiger partial charge on any atom is 0.412 e. The van der Waals surface area contributed by atoms with Crippen molar-refractivity contribution in [3.63, 3.8) is 0 Å². The van der Waals surface area contributed by atoms with Gasteiger partial charge >= 0.3 is 6.09 Å². The molecule has 2 aromatic carbocycles. The number of rotatable bonds is 5. The van der Waals surface area contributed by atoms with Gasteiger partial charge < -0.3 is 41.1 Å². The molecule has 5 rings (SSSR count). The quantitative estimate of drug-likeness (QED) is 0.278. The Hall–Kier alpha value is -4.55. The largest absolute Gasteiger partial charge is 0.508 e. The Kier molecular flexibility index (Phi) is 7.15. The SMILES string of the molecule is CN(C)c1cc(CNC(=O)Oc2ccc(Cl)cc2)c(O)c2c1CC1CC3CC(=O)C(C(N)=O)=C(O)C3(O)C(=O)C1=C2O. The maximum atomic E-state index is 13.7. The van der Waals surface area contributed by atoms with E-state index in [1.54, 1.807) is 37.2 Å².